The SMILES string of the molecule is CC(CO)(CO)NC(=O)[C@@H]1Cc2ccccc2CN1. The van der Waals surface area contributed by atoms with Gasteiger partial charge in [0.15, 0.2) is 0 Å². The first kappa shape index (κ1) is 14.0. The summed E-state index contributed by atoms with van der Waals surface area (Å²) in [6.45, 7) is 1.68. The average molecular weight is 264 g/mol. The average Bonchev–Trinajstić information content (AvgIpc) is 2.46. The largest absolute Gasteiger partial charge is 0.394 e. The van der Waals surface area contributed by atoms with Gasteiger partial charge in [0.25, 0.3) is 0 Å². The van der Waals surface area contributed by atoms with E-state index in [0.29, 0.717) is 13.0 Å². The summed E-state index contributed by atoms with van der Waals surface area (Å²) in [6, 6.07) is 7.68. The molecule has 5 heteroatoms. The molecule has 4 N–H and O–H groups in total. The van der Waals surface area contributed by atoms with Crippen LogP contribution in [0, 0.1) is 0 Å². The van der Waals surface area contributed by atoms with E-state index in [0.717, 1.165) is 5.56 Å². The molecule has 19 heavy (non-hydrogen) atoms. The molecule has 0 fully saturated rings. The lowest BCUT2D eigenvalue weighted by Crippen LogP contribution is -2.58. The maximum atomic E-state index is 12.1. The van der Waals surface area contributed by atoms with Gasteiger partial charge in [0.1, 0.15) is 0 Å². The van der Waals surface area contributed by atoms with Gasteiger partial charge < -0.3 is 20.8 Å². The van der Waals surface area contributed by atoms with Crippen LogP contribution in [0.2, 0.25) is 0 Å². The van der Waals surface area contributed by atoms with Crippen LogP contribution in [0.15, 0.2) is 24.3 Å². The van der Waals surface area contributed by atoms with E-state index >= 15 is 0 Å². The van der Waals surface area contributed by atoms with Crippen LogP contribution in [0.5, 0.6) is 0 Å². The summed E-state index contributed by atoms with van der Waals surface area (Å²) in [7, 11) is 0. The normalized spacial score (nSPS) is 18.8. The summed E-state index contributed by atoms with van der Waals surface area (Å²) in [5.74, 6) is -0.194. The van der Waals surface area contributed by atoms with Crippen molar-refractivity contribution in [2.24, 2.45) is 0 Å². The number of hydrogen-bond acceptors (Lipinski definition) is 4. The second-order valence-electron chi connectivity index (χ2n) is 5.27. The second kappa shape index (κ2) is 5.69. The fourth-order valence-corrected chi connectivity index (χ4v) is 2.15. The zero-order valence-electron chi connectivity index (χ0n) is 11.0. The fraction of sp³-hybridized carbons (Fsp3) is 0.500. The Hall–Kier alpha value is -1.43. The summed E-state index contributed by atoms with van der Waals surface area (Å²) in [5, 5.41) is 24.3. The molecule has 1 aliphatic rings. The van der Waals surface area contributed by atoms with Gasteiger partial charge in [0.05, 0.1) is 24.8 Å². The van der Waals surface area contributed by atoms with Crippen molar-refractivity contribution < 1.29 is 15.0 Å². The van der Waals surface area contributed by atoms with E-state index in [9.17, 15) is 15.0 Å². The number of carbonyl (C=O) groups is 1. The van der Waals surface area contributed by atoms with Crippen molar-refractivity contribution in [3.05, 3.63) is 35.4 Å². The fourth-order valence-electron chi connectivity index (χ4n) is 2.15. The molecular formula is C14H20N2O3. The number of aliphatic hydroxyl groups is 2. The van der Waals surface area contributed by atoms with Gasteiger partial charge in [-0.25, -0.2) is 0 Å². The van der Waals surface area contributed by atoms with Crippen LogP contribution in [0.4, 0.5) is 0 Å². The van der Waals surface area contributed by atoms with Crippen LogP contribution in [-0.4, -0.2) is 40.9 Å². The minimum absolute atomic E-state index is 0.194. The van der Waals surface area contributed by atoms with E-state index in [1.54, 1.807) is 6.92 Å². The Morgan fingerprint density at radius 1 is 1.37 bits per heavy atom. The van der Waals surface area contributed by atoms with Gasteiger partial charge in [-0.3, -0.25) is 4.79 Å². The molecule has 1 aliphatic heterocycles. The van der Waals surface area contributed by atoms with E-state index in [1.807, 2.05) is 24.3 Å². The van der Waals surface area contributed by atoms with Gasteiger partial charge in [0.2, 0.25) is 5.91 Å². The zero-order chi connectivity index (χ0) is 13.9. The lowest BCUT2D eigenvalue weighted by molar-refractivity contribution is -0.126. The zero-order valence-corrected chi connectivity index (χ0v) is 11.0. The molecule has 2 rings (SSSR count). The molecule has 5 nitrogen and oxygen atoms in total. The van der Waals surface area contributed by atoms with Gasteiger partial charge in [-0.05, 0) is 24.5 Å². The molecule has 1 amide bonds. The number of fused-ring (bicyclic) bond motifs is 1. The summed E-state index contributed by atoms with van der Waals surface area (Å²) in [4.78, 5) is 12.1. The van der Waals surface area contributed by atoms with Crippen LogP contribution >= 0.6 is 0 Å². The highest BCUT2D eigenvalue weighted by atomic mass is 16.3. The third kappa shape index (κ3) is 3.12. The molecule has 1 aromatic rings. The molecule has 0 bridgehead atoms. The van der Waals surface area contributed by atoms with Gasteiger partial charge >= 0.3 is 0 Å². The number of carbonyl (C=O) groups excluding carboxylic acids is 1. The maximum absolute atomic E-state index is 12.1. The summed E-state index contributed by atoms with van der Waals surface area (Å²) in [6.07, 6.45) is 0.620. The molecule has 1 heterocycles. The highest BCUT2D eigenvalue weighted by Gasteiger charge is 2.30. The predicted molar refractivity (Wildman–Crippen MR) is 71.5 cm³/mol. The highest BCUT2D eigenvalue weighted by Crippen LogP contribution is 2.16. The predicted octanol–water partition coefficient (Wildman–Crippen LogP) is -0.440. The number of rotatable bonds is 4. The Kier molecular flexibility index (Phi) is 4.19. The molecule has 1 aromatic carbocycles. The van der Waals surface area contributed by atoms with E-state index in [4.69, 9.17) is 0 Å². The smallest absolute Gasteiger partial charge is 0.238 e. The molecule has 0 aromatic heterocycles. The monoisotopic (exact) mass is 264 g/mol. The third-order valence-corrected chi connectivity index (χ3v) is 3.52. The lowest BCUT2D eigenvalue weighted by atomic mass is 9.94. The first-order valence-corrected chi connectivity index (χ1v) is 6.42. The lowest BCUT2D eigenvalue weighted by Gasteiger charge is -2.31. The Morgan fingerprint density at radius 2 is 2.00 bits per heavy atom. The Morgan fingerprint density at radius 3 is 2.63 bits per heavy atom. The van der Waals surface area contributed by atoms with Crippen molar-refractivity contribution in [1.29, 1.82) is 0 Å². The number of nitrogens with one attached hydrogen (secondary N) is 2. The van der Waals surface area contributed by atoms with E-state index in [1.165, 1.54) is 5.56 Å². The summed E-state index contributed by atoms with van der Waals surface area (Å²) in [5.41, 5.74) is 1.39. The second-order valence-corrected chi connectivity index (χ2v) is 5.27. The van der Waals surface area contributed by atoms with E-state index < -0.39 is 5.54 Å². The molecule has 1 atom stereocenters. The topological polar surface area (TPSA) is 81.6 Å². The van der Waals surface area contributed by atoms with Crippen molar-refractivity contribution in [3.63, 3.8) is 0 Å². The molecule has 0 saturated heterocycles. The third-order valence-electron chi connectivity index (χ3n) is 3.52. The van der Waals surface area contributed by atoms with Crippen LogP contribution in [0.1, 0.15) is 18.1 Å². The van der Waals surface area contributed by atoms with Crippen molar-refractivity contribution in [2.45, 2.75) is 31.5 Å². The van der Waals surface area contributed by atoms with Crippen molar-refractivity contribution in [3.8, 4) is 0 Å². The number of amides is 1. The van der Waals surface area contributed by atoms with Gasteiger partial charge in [-0.1, -0.05) is 24.3 Å². The maximum Gasteiger partial charge on any atom is 0.238 e. The highest BCUT2D eigenvalue weighted by molar-refractivity contribution is 5.83. The minimum Gasteiger partial charge on any atom is -0.394 e. The Labute approximate surface area is 112 Å². The van der Waals surface area contributed by atoms with Crippen LogP contribution in [0.3, 0.4) is 0 Å². The minimum atomic E-state index is -0.976. The van der Waals surface area contributed by atoms with Crippen molar-refractivity contribution in [1.82, 2.24) is 10.6 Å². The van der Waals surface area contributed by atoms with Crippen molar-refractivity contribution >= 4 is 5.91 Å². The van der Waals surface area contributed by atoms with Crippen LogP contribution in [-0.2, 0) is 17.8 Å². The Bertz CT molecular complexity index is 458. The molecule has 0 radical (unpaired) electrons. The quantitative estimate of drug-likeness (QED) is 0.594. The van der Waals surface area contributed by atoms with E-state index in [-0.39, 0.29) is 25.2 Å². The first-order valence-electron chi connectivity index (χ1n) is 6.42. The summed E-state index contributed by atoms with van der Waals surface area (Å²) < 4.78 is 0. The molecular weight excluding hydrogens is 244 g/mol. The van der Waals surface area contributed by atoms with Gasteiger partial charge in [-0.2, -0.15) is 0 Å². The molecule has 0 spiro atoms. The molecule has 0 aliphatic carbocycles. The first-order chi connectivity index (χ1) is 9.08. The standard InChI is InChI=1S/C14H20N2O3/c1-14(8-17,9-18)16-13(19)12-6-10-4-2-3-5-11(10)7-15-12/h2-5,12,15,17-18H,6-9H2,1H3,(H,16,19)/t12-/m0/s1. The van der Waals surface area contributed by atoms with Crippen molar-refractivity contribution in [2.75, 3.05) is 13.2 Å². The molecule has 104 valence electrons. The van der Waals surface area contributed by atoms with Gasteiger partial charge in [0, 0.05) is 6.54 Å². The van der Waals surface area contributed by atoms with Crippen LogP contribution < -0.4 is 10.6 Å². The van der Waals surface area contributed by atoms with Gasteiger partial charge in [-0.15, -0.1) is 0 Å². The van der Waals surface area contributed by atoms with E-state index in [2.05, 4.69) is 10.6 Å². The summed E-state index contributed by atoms with van der Waals surface area (Å²) >= 11 is 0. The Balaban J connectivity index is 2.03. The van der Waals surface area contributed by atoms with Crippen LogP contribution in [0.25, 0.3) is 0 Å². The molecule has 0 unspecified atom stereocenters. The number of aliphatic hydroxyl groups excluding tert-OH is 2. The number of hydrogen-bond donors (Lipinski definition) is 4. The molecule has 0 saturated carbocycles. The number of benzene rings is 1.